The lowest BCUT2D eigenvalue weighted by atomic mass is 9.86. The Morgan fingerprint density at radius 1 is 1.12 bits per heavy atom. The fourth-order valence-electron chi connectivity index (χ4n) is 2.58. The van der Waals surface area contributed by atoms with Gasteiger partial charge in [-0.25, -0.2) is 17.5 Å². The molecule has 3 rings (SSSR count). The lowest BCUT2D eigenvalue weighted by Gasteiger charge is -2.16. The molecule has 1 aliphatic heterocycles. The Balaban J connectivity index is 1.85. The van der Waals surface area contributed by atoms with Crippen LogP contribution in [0.25, 0.3) is 0 Å². The average Bonchev–Trinajstić information content (AvgIpc) is 2.76. The maximum Gasteiger partial charge on any atom is 0.240 e. The van der Waals surface area contributed by atoms with Crippen LogP contribution in [0.3, 0.4) is 0 Å². The molecule has 2 aromatic rings. The molecule has 1 heterocycles. The molecular weight excluding hydrogens is 331 g/mol. The third kappa shape index (κ3) is 2.92. The molecule has 2 aromatic carbocycles. The summed E-state index contributed by atoms with van der Waals surface area (Å²) in [6, 6.07) is 10.2. The Morgan fingerprint density at radius 2 is 1.79 bits per heavy atom. The molecule has 0 saturated carbocycles. The highest BCUT2D eigenvalue weighted by Crippen LogP contribution is 2.38. The summed E-state index contributed by atoms with van der Waals surface area (Å²) in [5.74, 6) is -0.536. The first-order valence-corrected chi connectivity index (χ1v) is 8.88. The number of amides is 1. The second-order valence-electron chi connectivity index (χ2n) is 6.24. The predicted molar refractivity (Wildman–Crippen MR) is 88.5 cm³/mol. The predicted octanol–water partition coefficient (Wildman–Crippen LogP) is 2.53. The molecule has 0 radical (unpaired) electrons. The number of fused-ring (bicyclic) bond motifs is 1. The number of rotatable bonds is 4. The molecule has 0 aliphatic carbocycles. The average molecular weight is 348 g/mol. The summed E-state index contributed by atoms with van der Waals surface area (Å²) in [6.45, 7) is 3.55. The first kappa shape index (κ1) is 16.6. The van der Waals surface area contributed by atoms with Crippen molar-refractivity contribution in [2.45, 2.75) is 30.7 Å². The summed E-state index contributed by atoms with van der Waals surface area (Å²) in [6.07, 6.45) is 0. The van der Waals surface area contributed by atoms with E-state index in [0.717, 1.165) is 0 Å². The molecule has 0 aromatic heterocycles. The molecule has 1 amide bonds. The second kappa shape index (κ2) is 5.68. The molecule has 7 heteroatoms. The normalized spacial score (nSPS) is 15.9. The molecule has 2 N–H and O–H groups in total. The standard InChI is InChI=1S/C17H17FN2O3S/c1-17(2)14-9-13(7-8-15(14)20-16(17)21)24(22,23)19-10-11-3-5-12(18)6-4-11/h3-9,19H,10H2,1-2H3,(H,20,21). The van der Waals surface area contributed by atoms with E-state index in [1.807, 2.05) is 0 Å². The highest BCUT2D eigenvalue weighted by Gasteiger charge is 2.39. The van der Waals surface area contributed by atoms with Gasteiger partial charge in [-0.2, -0.15) is 0 Å². The summed E-state index contributed by atoms with van der Waals surface area (Å²) in [7, 11) is -3.74. The number of sulfonamides is 1. The minimum atomic E-state index is -3.74. The Kier molecular flexibility index (Phi) is 3.93. The topological polar surface area (TPSA) is 75.3 Å². The zero-order valence-corrected chi connectivity index (χ0v) is 14.1. The van der Waals surface area contributed by atoms with Gasteiger partial charge in [0.2, 0.25) is 15.9 Å². The van der Waals surface area contributed by atoms with Crippen molar-refractivity contribution in [1.29, 1.82) is 0 Å². The Hall–Kier alpha value is -2.25. The van der Waals surface area contributed by atoms with Gasteiger partial charge in [-0.15, -0.1) is 0 Å². The summed E-state index contributed by atoms with van der Waals surface area (Å²) in [5.41, 5.74) is 1.15. The van der Waals surface area contributed by atoms with Crippen LogP contribution in [-0.2, 0) is 26.8 Å². The largest absolute Gasteiger partial charge is 0.325 e. The first-order chi connectivity index (χ1) is 11.2. The molecule has 0 bridgehead atoms. The lowest BCUT2D eigenvalue weighted by Crippen LogP contribution is -2.27. The van der Waals surface area contributed by atoms with Gasteiger partial charge in [0, 0.05) is 12.2 Å². The third-order valence-corrected chi connectivity index (χ3v) is 5.57. The van der Waals surface area contributed by atoms with Gasteiger partial charge in [-0.1, -0.05) is 12.1 Å². The Labute approximate surface area is 139 Å². The zero-order valence-electron chi connectivity index (χ0n) is 13.3. The van der Waals surface area contributed by atoms with Crippen LogP contribution in [-0.4, -0.2) is 14.3 Å². The van der Waals surface area contributed by atoms with Gasteiger partial charge in [-0.3, -0.25) is 4.79 Å². The van der Waals surface area contributed by atoms with Crippen molar-refractivity contribution in [3.05, 3.63) is 59.4 Å². The number of anilines is 1. The molecule has 5 nitrogen and oxygen atoms in total. The van der Waals surface area contributed by atoms with Gasteiger partial charge in [0.25, 0.3) is 0 Å². The van der Waals surface area contributed by atoms with Crippen LogP contribution in [0.1, 0.15) is 25.0 Å². The highest BCUT2D eigenvalue weighted by molar-refractivity contribution is 7.89. The van der Waals surface area contributed by atoms with E-state index >= 15 is 0 Å². The van der Waals surface area contributed by atoms with Crippen molar-refractivity contribution in [2.24, 2.45) is 0 Å². The van der Waals surface area contributed by atoms with Crippen molar-refractivity contribution in [3.8, 4) is 0 Å². The van der Waals surface area contributed by atoms with Gasteiger partial charge in [-0.05, 0) is 55.3 Å². The van der Waals surface area contributed by atoms with E-state index in [1.165, 1.54) is 36.4 Å². The third-order valence-electron chi connectivity index (χ3n) is 4.17. The van der Waals surface area contributed by atoms with Crippen LogP contribution in [0.4, 0.5) is 10.1 Å². The number of hydrogen-bond acceptors (Lipinski definition) is 3. The molecule has 1 aliphatic rings. The van der Waals surface area contributed by atoms with E-state index < -0.39 is 15.4 Å². The van der Waals surface area contributed by atoms with Crippen molar-refractivity contribution in [2.75, 3.05) is 5.32 Å². The van der Waals surface area contributed by atoms with Crippen LogP contribution in [0.5, 0.6) is 0 Å². The minimum Gasteiger partial charge on any atom is -0.325 e. The van der Waals surface area contributed by atoms with Crippen LogP contribution < -0.4 is 10.0 Å². The molecule has 0 fully saturated rings. The number of nitrogens with one attached hydrogen (secondary N) is 2. The molecule has 0 spiro atoms. The van der Waals surface area contributed by atoms with E-state index in [1.54, 1.807) is 19.9 Å². The monoisotopic (exact) mass is 348 g/mol. The fourth-order valence-corrected chi connectivity index (χ4v) is 3.62. The van der Waals surface area contributed by atoms with Gasteiger partial charge in [0.1, 0.15) is 5.82 Å². The molecular formula is C17H17FN2O3S. The van der Waals surface area contributed by atoms with Gasteiger partial charge >= 0.3 is 0 Å². The van der Waals surface area contributed by atoms with E-state index in [2.05, 4.69) is 10.0 Å². The highest BCUT2D eigenvalue weighted by atomic mass is 32.2. The van der Waals surface area contributed by atoms with Gasteiger partial charge in [0.05, 0.1) is 10.3 Å². The zero-order chi connectivity index (χ0) is 17.5. The number of hydrogen-bond donors (Lipinski definition) is 2. The molecule has 0 atom stereocenters. The number of halogens is 1. The fraction of sp³-hybridized carbons (Fsp3) is 0.235. The van der Waals surface area contributed by atoms with E-state index in [-0.39, 0.29) is 23.2 Å². The summed E-state index contributed by atoms with van der Waals surface area (Å²) < 4.78 is 40.3. The van der Waals surface area contributed by atoms with E-state index in [0.29, 0.717) is 16.8 Å². The second-order valence-corrected chi connectivity index (χ2v) is 8.00. The summed E-state index contributed by atoms with van der Waals surface area (Å²) in [5, 5.41) is 2.74. The SMILES string of the molecule is CC1(C)C(=O)Nc2ccc(S(=O)(=O)NCc3ccc(F)cc3)cc21. The van der Waals surface area contributed by atoms with Crippen LogP contribution in [0.2, 0.25) is 0 Å². The van der Waals surface area contributed by atoms with Gasteiger partial charge in [0.15, 0.2) is 0 Å². The summed E-state index contributed by atoms with van der Waals surface area (Å²) in [4.78, 5) is 12.0. The molecule has 126 valence electrons. The van der Waals surface area contributed by atoms with Crippen molar-refractivity contribution < 1.29 is 17.6 Å². The van der Waals surface area contributed by atoms with Crippen LogP contribution in [0.15, 0.2) is 47.4 Å². The van der Waals surface area contributed by atoms with E-state index in [4.69, 9.17) is 0 Å². The quantitative estimate of drug-likeness (QED) is 0.892. The van der Waals surface area contributed by atoms with Crippen molar-refractivity contribution in [1.82, 2.24) is 4.72 Å². The lowest BCUT2D eigenvalue weighted by molar-refractivity contribution is -0.119. The minimum absolute atomic E-state index is 0.0558. The van der Waals surface area contributed by atoms with Crippen molar-refractivity contribution >= 4 is 21.6 Å². The van der Waals surface area contributed by atoms with E-state index in [9.17, 15) is 17.6 Å². The maximum absolute atomic E-state index is 12.9. The van der Waals surface area contributed by atoms with Gasteiger partial charge < -0.3 is 5.32 Å². The molecule has 0 saturated heterocycles. The summed E-state index contributed by atoms with van der Waals surface area (Å²) >= 11 is 0. The Bertz CT molecular complexity index is 906. The number of carbonyl (C=O) groups excluding carboxylic acids is 1. The first-order valence-electron chi connectivity index (χ1n) is 7.40. The number of carbonyl (C=O) groups is 1. The van der Waals surface area contributed by atoms with Crippen LogP contribution in [0, 0.1) is 5.82 Å². The smallest absolute Gasteiger partial charge is 0.240 e. The van der Waals surface area contributed by atoms with Crippen LogP contribution >= 0.6 is 0 Å². The maximum atomic E-state index is 12.9. The number of benzene rings is 2. The van der Waals surface area contributed by atoms with Crippen molar-refractivity contribution in [3.63, 3.8) is 0 Å². The molecule has 24 heavy (non-hydrogen) atoms. The molecule has 0 unspecified atom stereocenters. The Morgan fingerprint density at radius 3 is 2.46 bits per heavy atom.